The molecule has 21 heavy (non-hydrogen) atoms. The first-order valence-electron chi connectivity index (χ1n) is 6.41. The molecule has 1 unspecified atom stereocenters. The van der Waals surface area contributed by atoms with E-state index in [9.17, 15) is 9.90 Å². The molecule has 110 valence electrons. The number of carbonyl (C=O) groups excluding carboxylic acids is 1. The number of aromatic hydroxyl groups is 1. The van der Waals surface area contributed by atoms with Crippen molar-refractivity contribution in [3.63, 3.8) is 0 Å². The molecule has 0 aliphatic carbocycles. The summed E-state index contributed by atoms with van der Waals surface area (Å²) in [6.45, 7) is 1.94. The first-order chi connectivity index (χ1) is 9.90. The van der Waals surface area contributed by atoms with Crippen molar-refractivity contribution in [2.75, 3.05) is 7.05 Å². The summed E-state index contributed by atoms with van der Waals surface area (Å²) < 4.78 is 0.717. The molecule has 0 bridgehead atoms. The lowest BCUT2D eigenvalue weighted by molar-refractivity contribution is 0.0742. The van der Waals surface area contributed by atoms with Crippen molar-refractivity contribution in [3.05, 3.63) is 62.2 Å². The van der Waals surface area contributed by atoms with E-state index >= 15 is 0 Å². The quantitative estimate of drug-likeness (QED) is 0.751. The summed E-state index contributed by atoms with van der Waals surface area (Å²) >= 11 is 8.01. The largest absolute Gasteiger partial charge is 0.507 e. The number of benzene rings is 2. The van der Waals surface area contributed by atoms with Gasteiger partial charge in [0.1, 0.15) is 5.75 Å². The van der Waals surface area contributed by atoms with E-state index in [0.29, 0.717) is 10.6 Å². The van der Waals surface area contributed by atoms with Gasteiger partial charge in [-0.1, -0.05) is 23.7 Å². The van der Waals surface area contributed by atoms with Crippen molar-refractivity contribution < 1.29 is 9.90 Å². The highest BCUT2D eigenvalue weighted by atomic mass is 127. The second-order valence-electron chi connectivity index (χ2n) is 4.81. The third-order valence-electron chi connectivity index (χ3n) is 3.43. The monoisotopic (exact) mass is 415 g/mol. The molecule has 0 heterocycles. The molecular weight excluding hydrogens is 401 g/mol. The molecule has 0 saturated carbocycles. The van der Waals surface area contributed by atoms with Crippen LogP contribution in [0.3, 0.4) is 0 Å². The zero-order valence-corrected chi connectivity index (χ0v) is 14.6. The van der Waals surface area contributed by atoms with E-state index < -0.39 is 0 Å². The van der Waals surface area contributed by atoms with E-state index in [1.807, 2.05) is 47.7 Å². The summed E-state index contributed by atoms with van der Waals surface area (Å²) in [6, 6.07) is 12.3. The van der Waals surface area contributed by atoms with Gasteiger partial charge in [-0.15, -0.1) is 0 Å². The van der Waals surface area contributed by atoms with Crippen LogP contribution >= 0.6 is 34.2 Å². The van der Waals surface area contributed by atoms with Crippen LogP contribution < -0.4 is 0 Å². The van der Waals surface area contributed by atoms with Gasteiger partial charge in [-0.3, -0.25) is 4.79 Å². The van der Waals surface area contributed by atoms with E-state index in [2.05, 4.69) is 0 Å². The number of halogens is 2. The number of hydrogen-bond donors (Lipinski definition) is 1. The van der Waals surface area contributed by atoms with Crippen molar-refractivity contribution in [1.82, 2.24) is 4.90 Å². The Morgan fingerprint density at radius 2 is 2.00 bits per heavy atom. The van der Waals surface area contributed by atoms with Gasteiger partial charge in [0.05, 0.1) is 9.61 Å². The second-order valence-corrected chi connectivity index (χ2v) is 6.41. The van der Waals surface area contributed by atoms with Gasteiger partial charge in [0.15, 0.2) is 0 Å². The minimum absolute atomic E-state index is 0.113. The summed E-state index contributed by atoms with van der Waals surface area (Å²) in [4.78, 5) is 14.1. The molecule has 2 rings (SSSR count). The first-order valence-corrected chi connectivity index (χ1v) is 7.87. The van der Waals surface area contributed by atoms with Crippen molar-refractivity contribution >= 4 is 40.1 Å². The Morgan fingerprint density at radius 3 is 2.62 bits per heavy atom. The molecule has 1 atom stereocenters. The molecule has 0 aliphatic heterocycles. The fourth-order valence-electron chi connectivity index (χ4n) is 2.02. The van der Waals surface area contributed by atoms with Gasteiger partial charge in [0, 0.05) is 17.6 Å². The summed E-state index contributed by atoms with van der Waals surface area (Å²) in [6.07, 6.45) is 0. The Hall–Kier alpha value is -1.27. The Labute approximate surface area is 142 Å². The summed E-state index contributed by atoms with van der Waals surface area (Å²) in [5.41, 5.74) is 1.43. The summed E-state index contributed by atoms with van der Waals surface area (Å²) in [5.74, 6) is -0.0283. The second kappa shape index (κ2) is 6.66. The van der Waals surface area contributed by atoms with Gasteiger partial charge in [0.2, 0.25) is 0 Å². The maximum atomic E-state index is 12.5. The lowest BCUT2D eigenvalue weighted by Gasteiger charge is -2.25. The number of amides is 1. The van der Waals surface area contributed by atoms with E-state index in [-0.39, 0.29) is 17.7 Å². The number of phenolic OH excluding ortho intramolecular Hbond substituents is 1. The van der Waals surface area contributed by atoms with E-state index in [1.165, 1.54) is 6.07 Å². The molecular formula is C16H15ClINO2. The maximum absolute atomic E-state index is 12.5. The predicted molar refractivity (Wildman–Crippen MR) is 92.8 cm³/mol. The van der Waals surface area contributed by atoms with Gasteiger partial charge in [-0.05, 0) is 65.4 Å². The minimum Gasteiger partial charge on any atom is -0.507 e. The third kappa shape index (κ3) is 3.68. The fraction of sp³-hybridized carbons (Fsp3) is 0.188. The third-order valence-corrected chi connectivity index (χ3v) is 4.57. The van der Waals surface area contributed by atoms with Crippen molar-refractivity contribution in [2.45, 2.75) is 13.0 Å². The van der Waals surface area contributed by atoms with Gasteiger partial charge in [-0.25, -0.2) is 0 Å². The Kier molecular flexibility index (Phi) is 5.11. The van der Waals surface area contributed by atoms with E-state index in [0.717, 1.165) is 9.13 Å². The lowest BCUT2D eigenvalue weighted by atomic mass is 10.1. The predicted octanol–water partition coefficient (Wildman–Crippen LogP) is 4.48. The van der Waals surface area contributed by atoms with Crippen molar-refractivity contribution in [3.8, 4) is 5.75 Å². The number of phenols is 1. The summed E-state index contributed by atoms with van der Waals surface area (Å²) in [7, 11) is 1.74. The number of nitrogens with zero attached hydrogens (tertiary/aromatic N) is 1. The highest BCUT2D eigenvalue weighted by Gasteiger charge is 2.19. The highest BCUT2D eigenvalue weighted by molar-refractivity contribution is 14.1. The summed E-state index contributed by atoms with van der Waals surface area (Å²) in [5, 5.41) is 10.4. The lowest BCUT2D eigenvalue weighted by Crippen LogP contribution is -2.29. The molecule has 2 aromatic rings. The van der Waals surface area contributed by atoms with Crippen LogP contribution in [-0.2, 0) is 0 Å². The topological polar surface area (TPSA) is 40.5 Å². The molecule has 5 heteroatoms. The van der Waals surface area contributed by atoms with E-state index in [4.69, 9.17) is 11.6 Å². The molecule has 0 aromatic heterocycles. The number of carbonyl (C=O) groups is 1. The van der Waals surface area contributed by atoms with Crippen LogP contribution in [0.4, 0.5) is 0 Å². The molecule has 0 fully saturated rings. The zero-order valence-electron chi connectivity index (χ0n) is 11.7. The average molecular weight is 416 g/mol. The van der Waals surface area contributed by atoms with Crippen LogP contribution in [0.15, 0.2) is 42.5 Å². The minimum atomic E-state index is -0.144. The molecule has 1 amide bonds. The Balaban J connectivity index is 2.24. The molecule has 0 aliphatic rings. The average Bonchev–Trinajstić information content (AvgIpc) is 2.47. The van der Waals surface area contributed by atoms with Crippen molar-refractivity contribution in [1.29, 1.82) is 0 Å². The molecule has 2 aromatic carbocycles. The molecule has 3 nitrogen and oxygen atoms in total. The SMILES string of the molecule is CC(c1cccc(Cl)c1)N(C)C(=O)c1ccc(I)c(O)c1. The number of hydrogen-bond acceptors (Lipinski definition) is 2. The molecule has 0 spiro atoms. The van der Waals surface area contributed by atoms with Crippen LogP contribution in [-0.4, -0.2) is 23.0 Å². The van der Waals surface area contributed by atoms with Crippen LogP contribution in [0, 0.1) is 3.57 Å². The first kappa shape index (κ1) is 16.1. The zero-order chi connectivity index (χ0) is 15.6. The van der Waals surface area contributed by atoms with E-state index in [1.54, 1.807) is 30.1 Å². The van der Waals surface area contributed by atoms with Crippen molar-refractivity contribution in [2.24, 2.45) is 0 Å². The van der Waals surface area contributed by atoms with Crippen LogP contribution in [0.1, 0.15) is 28.9 Å². The molecule has 0 saturated heterocycles. The number of rotatable bonds is 3. The normalized spacial score (nSPS) is 12.0. The fourth-order valence-corrected chi connectivity index (χ4v) is 2.55. The highest BCUT2D eigenvalue weighted by Crippen LogP contribution is 2.25. The van der Waals surface area contributed by atoms with Crippen LogP contribution in [0.5, 0.6) is 5.75 Å². The Morgan fingerprint density at radius 1 is 1.29 bits per heavy atom. The van der Waals surface area contributed by atoms with Gasteiger partial charge in [-0.2, -0.15) is 0 Å². The maximum Gasteiger partial charge on any atom is 0.254 e. The van der Waals surface area contributed by atoms with Gasteiger partial charge >= 0.3 is 0 Å². The van der Waals surface area contributed by atoms with Crippen LogP contribution in [0.25, 0.3) is 0 Å². The molecule has 0 radical (unpaired) electrons. The van der Waals surface area contributed by atoms with Gasteiger partial charge in [0.25, 0.3) is 5.91 Å². The van der Waals surface area contributed by atoms with Gasteiger partial charge < -0.3 is 10.0 Å². The molecule has 1 N–H and O–H groups in total. The standard InChI is InChI=1S/C16H15ClINO2/c1-10(11-4-3-5-13(17)8-11)19(2)16(21)12-6-7-14(18)15(20)9-12/h3-10,20H,1-2H3. The smallest absolute Gasteiger partial charge is 0.254 e. The Bertz CT molecular complexity index is 675. The van der Waals surface area contributed by atoms with Crippen LogP contribution in [0.2, 0.25) is 5.02 Å².